The fourth-order valence-electron chi connectivity index (χ4n) is 0.387. The summed E-state index contributed by atoms with van der Waals surface area (Å²) in [5.41, 5.74) is 3.89. The summed E-state index contributed by atoms with van der Waals surface area (Å²) in [6.45, 7) is 0.999. The normalized spacial score (nSPS) is 11.2. The van der Waals surface area contributed by atoms with Crippen molar-refractivity contribution in [2.75, 3.05) is 19.8 Å². The van der Waals surface area contributed by atoms with E-state index in [1.807, 2.05) is 0 Å². The van der Waals surface area contributed by atoms with Crippen LogP contribution in [0.5, 0.6) is 0 Å². The lowest BCUT2D eigenvalue weighted by atomic mass is 9.95. The standard InChI is InChI=1S/C6H13NO4/c1-6(2-8,3-9)4-11-5(7)10/h8-9H,2-4H2,1H3,(H2,7,10). The molecule has 5 heteroatoms. The molecule has 1 amide bonds. The molecule has 4 N–H and O–H groups in total. The van der Waals surface area contributed by atoms with Crippen LogP contribution in [0.1, 0.15) is 6.92 Å². The predicted octanol–water partition coefficient (Wildman–Crippen LogP) is -0.927. The second kappa shape index (κ2) is 4.15. The highest BCUT2D eigenvalue weighted by Crippen LogP contribution is 2.13. The third-order valence-corrected chi connectivity index (χ3v) is 1.33. The summed E-state index contributed by atoms with van der Waals surface area (Å²) in [5, 5.41) is 17.4. The van der Waals surface area contributed by atoms with Crippen LogP contribution in [0.2, 0.25) is 0 Å². The molecular formula is C6H13NO4. The van der Waals surface area contributed by atoms with Crippen LogP contribution >= 0.6 is 0 Å². The first-order valence-corrected chi connectivity index (χ1v) is 3.18. The average Bonchev–Trinajstić information content (AvgIpc) is 2.00. The van der Waals surface area contributed by atoms with Crippen LogP contribution in [0.25, 0.3) is 0 Å². The Morgan fingerprint density at radius 3 is 2.27 bits per heavy atom. The summed E-state index contributed by atoms with van der Waals surface area (Å²) in [5.74, 6) is 0. The van der Waals surface area contributed by atoms with Crippen LogP contribution in [0, 0.1) is 5.41 Å². The van der Waals surface area contributed by atoms with E-state index in [4.69, 9.17) is 10.2 Å². The van der Waals surface area contributed by atoms with Gasteiger partial charge in [0.2, 0.25) is 0 Å². The maximum absolute atomic E-state index is 10.1. The monoisotopic (exact) mass is 163 g/mol. The highest BCUT2D eigenvalue weighted by molar-refractivity contribution is 5.64. The van der Waals surface area contributed by atoms with Crippen LogP contribution in [0.4, 0.5) is 4.79 Å². The summed E-state index contributed by atoms with van der Waals surface area (Å²) in [7, 11) is 0. The molecule has 0 aromatic rings. The van der Waals surface area contributed by atoms with Crippen LogP contribution in [-0.4, -0.2) is 36.1 Å². The third-order valence-electron chi connectivity index (χ3n) is 1.33. The molecule has 0 aromatic carbocycles. The van der Waals surface area contributed by atoms with Gasteiger partial charge in [-0.15, -0.1) is 0 Å². The number of ether oxygens (including phenoxy) is 1. The van der Waals surface area contributed by atoms with E-state index in [0.29, 0.717) is 0 Å². The second-order valence-corrected chi connectivity index (χ2v) is 2.73. The van der Waals surface area contributed by atoms with E-state index >= 15 is 0 Å². The fraction of sp³-hybridized carbons (Fsp3) is 0.833. The SMILES string of the molecule is CC(CO)(CO)COC(N)=O. The number of rotatable bonds is 4. The highest BCUT2D eigenvalue weighted by Gasteiger charge is 2.23. The maximum atomic E-state index is 10.1. The van der Waals surface area contributed by atoms with Crippen molar-refractivity contribution in [1.82, 2.24) is 0 Å². The van der Waals surface area contributed by atoms with Crippen molar-refractivity contribution < 1.29 is 19.7 Å². The van der Waals surface area contributed by atoms with Crippen LogP contribution in [-0.2, 0) is 4.74 Å². The van der Waals surface area contributed by atoms with Gasteiger partial charge in [0.1, 0.15) is 6.61 Å². The van der Waals surface area contributed by atoms with Gasteiger partial charge in [-0.25, -0.2) is 4.79 Å². The first kappa shape index (κ1) is 10.2. The van der Waals surface area contributed by atoms with Crippen LogP contribution in [0.15, 0.2) is 0 Å². The molecule has 0 bridgehead atoms. The van der Waals surface area contributed by atoms with Crippen molar-refractivity contribution >= 4 is 6.09 Å². The van der Waals surface area contributed by atoms with Crippen LogP contribution < -0.4 is 5.73 Å². The van der Waals surface area contributed by atoms with Gasteiger partial charge in [-0.3, -0.25) is 0 Å². The van der Waals surface area contributed by atoms with Gasteiger partial charge in [0.15, 0.2) is 0 Å². The molecule has 0 unspecified atom stereocenters. The maximum Gasteiger partial charge on any atom is 0.404 e. The Hall–Kier alpha value is -0.810. The van der Waals surface area contributed by atoms with Gasteiger partial charge < -0.3 is 20.7 Å². The number of nitrogens with two attached hydrogens (primary N) is 1. The van der Waals surface area contributed by atoms with E-state index in [0.717, 1.165) is 0 Å². The zero-order chi connectivity index (χ0) is 8.91. The smallest absolute Gasteiger partial charge is 0.404 e. The van der Waals surface area contributed by atoms with Crippen molar-refractivity contribution in [3.05, 3.63) is 0 Å². The number of carbonyl (C=O) groups is 1. The van der Waals surface area contributed by atoms with Gasteiger partial charge in [0, 0.05) is 5.41 Å². The molecule has 0 saturated carbocycles. The first-order chi connectivity index (χ1) is 5.04. The van der Waals surface area contributed by atoms with Gasteiger partial charge in [-0.05, 0) is 0 Å². The Morgan fingerprint density at radius 2 is 2.00 bits per heavy atom. The van der Waals surface area contributed by atoms with Gasteiger partial charge in [-0.2, -0.15) is 0 Å². The molecule has 0 spiro atoms. The topological polar surface area (TPSA) is 92.8 Å². The van der Waals surface area contributed by atoms with Crippen molar-refractivity contribution in [2.45, 2.75) is 6.92 Å². The van der Waals surface area contributed by atoms with Crippen molar-refractivity contribution in [3.63, 3.8) is 0 Å². The molecule has 0 heterocycles. The zero-order valence-corrected chi connectivity index (χ0v) is 6.41. The van der Waals surface area contributed by atoms with E-state index in [1.54, 1.807) is 6.92 Å². The van der Waals surface area contributed by atoms with E-state index in [2.05, 4.69) is 10.5 Å². The number of aliphatic hydroxyl groups is 2. The molecule has 0 radical (unpaired) electrons. The van der Waals surface area contributed by atoms with Gasteiger partial charge in [0.25, 0.3) is 0 Å². The molecule has 5 nitrogen and oxygen atoms in total. The Bertz CT molecular complexity index is 133. The first-order valence-electron chi connectivity index (χ1n) is 3.18. The number of aliphatic hydroxyl groups excluding tert-OH is 2. The largest absolute Gasteiger partial charge is 0.449 e. The Labute approximate surface area is 64.8 Å². The van der Waals surface area contributed by atoms with Crippen molar-refractivity contribution in [1.29, 1.82) is 0 Å². The van der Waals surface area contributed by atoms with Crippen LogP contribution in [0.3, 0.4) is 0 Å². The number of hydrogen-bond acceptors (Lipinski definition) is 4. The lowest BCUT2D eigenvalue weighted by molar-refractivity contribution is 0.0123. The Balaban J connectivity index is 3.78. The lowest BCUT2D eigenvalue weighted by Gasteiger charge is -2.22. The number of carbonyl (C=O) groups excluding carboxylic acids is 1. The Morgan fingerprint density at radius 1 is 1.55 bits per heavy atom. The number of amides is 1. The molecular weight excluding hydrogens is 150 g/mol. The zero-order valence-electron chi connectivity index (χ0n) is 6.41. The Kier molecular flexibility index (Phi) is 3.84. The quantitative estimate of drug-likeness (QED) is 0.499. The molecule has 0 aliphatic carbocycles. The van der Waals surface area contributed by atoms with Gasteiger partial charge in [0.05, 0.1) is 13.2 Å². The van der Waals surface area contributed by atoms with Gasteiger partial charge in [-0.1, -0.05) is 6.92 Å². The molecule has 0 aliphatic heterocycles. The summed E-state index contributed by atoms with van der Waals surface area (Å²) in [6.07, 6.45) is -0.905. The van der Waals surface area contributed by atoms with Crippen molar-refractivity contribution in [3.8, 4) is 0 Å². The molecule has 0 atom stereocenters. The van der Waals surface area contributed by atoms with E-state index in [1.165, 1.54) is 0 Å². The van der Waals surface area contributed by atoms with Gasteiger partial charge >= 0.3 is 6.09 Å². The van der Waals surface area contributed by atoms with E-state index in [-0.39, 0.29) is 19.8 Å². The predicted molar refractivity (Wildman–Crippen MR) is 37.8 cm³/mol. The summed E-state index contributed by atoms with van der Waals surface area (Å²) in [6, 6.07) is 0. The highest BCUT2D eigenvalue weighted by atomic mass is 16.5. The van der Waals surface area contributed by atoms with E-state index in [9.17, 15) is 4.79 Å². The summed E-state index contributed by atoms with van der Waals surface area (Å²) >= 11 is 0. The minimum atomic E-state index is -0.905. The minimum Gasteiger partial charge on any atom is -0.449 e. The fourth-order valence-corrected chi connectivity index (χ4v) is 0.387. The number of primary amides is 1. The molecule has 0 aliphatic rings. The number of hydrogen-bond donors (Lipinski definition) is 3. The lowest BCUT2D eigenvalue weighted by Crippen LogP contribution is -2.33. The van der Waals surface area contributed by atoms with Crippen molar-refractivity contribution in [2.24, 2.45) is 11.1 Å². The molecule has 0 rings (SSSR count). The molecule has 11 heavy (non-hydrogen) atoms. The van der Waals surface area contributed by atoms with E-state index < -0.39 is 11.5 Å². The minimum absolute atomic E-state index is 0.0741. The summed E-state index contributed by atoms with van der Waals surface area (Å²) < 4.78 is 4.41. The second-order valence-electron chi connectivity index (χ2n) is 2.73. The molecule has 0 aromatic heterocycles. The molecule has 0 fully saturated rings. The summed E-state index contributed by atoms with van der Waals surface area (Å²) in [4.78, 5) is 10.1. The molecule has 66 valence electrons. The average molecular weight is 163 g/mol. The third kappa shape index (κ3) is 3.79. The molecule has 0 saturated heterocycles.